The molecule has 1 fully saturated rings. The van der Waals surface area contributed by atoms with Crippen LogP contribution in [0.3, 0.4) is 0 Å². The van der Waals surface area contributed by atoms with Crippen LogP contribution >= 0.6 is 15.9 Å². The van der Waals surface area contributed by atoms with E-state index in [2.05, 4.69) is 40.0 Å². The number of carbonyl (C=O) groups is 1. The molecule has 0 saturated carbocycles. The zero-order chi connectivity index (χ0) is 14.5. The minimum absolute atomic E-state index is 0.147. The van der Waals surface area contributed by atoms with Crippen LogP contribution in [0.5, 0.6) is 0 Å². The zero-order valence-corrected chi connectivity index (χ0v) is 13.2. The molecule has 20 heavy (non-hydrogen) atoms. The molecule has 6 heteroatoms. The van der Waals surface area contributed by atoms with Gasteiger partial charge in [-0.1, -0.05) is 0 Å². The van der Waals surface area contributed by atoms with Gasteiger partial charge in [-0.3, -0.25) is 4.79 Å². The molecule has 2 aliphatic heterocycles. The fourth-order valence-corrected chi connectivity index (χ4v) is 3.37. The number of carbonyl (C=O) groups excluding carboxylic acids is 1. The Balaban J connectivity index is 1.96. The molecule has 0 aliphatic carbocycles. The van der Waals surface area contributed by atoms with Gasteiger partial charge in [0.25, 0.3) is 0 Å². The molecule has 0 radical (unpaired) electrons. The monoisotopic (exact) mass is 339 g/mol. The van der Waals surface area contributed by atoms with Crippen LogP contribution < -0.4 is 16.0 Å². The maximum atomic E-state index is 11.6. The third-order valence-corrected chi connectivity index (χ3v) is 4.40. The first-order chi connectivity index (χ1) is 9.37. The average Bonchev–Trinajstić information content (AvgIpc) is 2.63. The summed E-state index contributed by atoms with van der Waals surface area (Å²) in [5.74, 6) is -0.147. The minimum Gasteiger partial charge on any atom is -0.372 e. The summed E-state index contributed by atoms with van der Waals surface area (Å²) < 4.78 is 6.70. The Morgan fingerprint density at radius 3 is 2.95 bits per heavy atom. The number of rotatable bonds is 1. The van der Waals surface area contributed by atoms with Gasteiger partial charge in [0.15, 0.2) is 0 Å². The van der Waals surface area contributed by atoms with Crippen LogP contribution in [0.2, 0.25) is 0 Å². The molecule has 0 bridgehead atoms. The summed E-state index contributed by atoms with van der Waals surface area (Å²) in [6.45, 7) is 6.50. The summed E-state index contributed by atoms with van der Waals surface area (Å²) in [6.07, 6.45) is 0. The van der Waals surface area contributed by atoms with Crippen LogP contribution in [-0.2, 0) is 9.53 Å². The average molecular weight is 340 g/mol. The summed E-state index contributed by atoms with van der Waals surface area (Å²) >= 11 is 3.59. The number of nitrogens with zero attached hydrogens (tertiary/aromatic N) is 1. The number of anilines is 2. The van der Waals surface area contributed by atoms with E-state index in [1.165, 1.54) is 0 Å². The highest BCUT2D eigenvalue weighted by atomic mass is 79.9. The van der Waals surface area contributed by atoms with Gasteiger partial charge in [-0.2, -0.15) is 0 Å². The van der Waals surface area contributed by atoms with Crippen LogP contribution in [-0.4, -0.2) is 31.2 Å². The van der Waals surface area contributed by atoms with Crippen molar-refractivity contribution in [3.8, 4) is 0 Å². The highest BCUT2D eigenvalue weighted by Gasteiger charge is 2.32. The van der Waals surface area contributed by atoms with Crippen LogP contribution in [0.15, 0.2) is 16.6 Å². The molecule has 1 atom stereocenters. The van der Waals surface area contributed by atoms with Crippen LogP contribution in [0.1, 0.15) is 25.5 Å². The maximum absolute atomic E-state index is 11.6. The second kappa shape index (κ2) is 4.72. The van der Waals surface area contributed by atoms with Gasteiger partial charge >= 0.3 is 0 Å². The number of morpholine rings is 1. The van der Waals surface area contributed by atoms with Crippen molar-refractivity contribution in [1.29, 1.82) is 0 Å². The quantitative estimate of drug-likeness (QED) is 0.821. The second-order valence-corrected chi connectivity index (χ2v) is 6.74. The Kier molecular flexibility index (Phi) is 3.27. The number of amides is 1. The number of nitrogens with one attached hydrogen (secondary N) is 1. The molecule has 3 rings (SSSR count). The summed E-state index contributed by atoms with van der Waals surface area (Å²) in [5.41, 5.74) is 8.41. The Bertz CT molecular complexity index is 574. The molecule has 108 valence electrons. The molecule has 2 aliphatic rings. The summed E-state index contributed by atoms with van der Waals surface area (Å²) in [5, 5.41) is 2.83. The fraction of sp³-hybridized carbons (Fsp3) is 0.500. The lowest BCUT2D eigenvalue weighted by Crippen LogP contribution is -2.48. The fourth-order valence-electron chi connectivity index (χ4n) is 2.76. The molecule has 3 N–H and O–H groups in total. The third kappa shape index (κ3) is 2.32. The Hall–Kier alpha value is -1.11. The number of fused-ring (bicyclic) bond motifs is 1. The van der Waals surface area contributed by atoms with Crippen molar-refractivity contribution >= 4 is 33.2 Å². The van der Waals surface area contributed by atoms with Crippen molar-refractivity contribution in [3.63, 3.8) is 0 Å². The van der Waals surface area contributed by atoms with E-state index in [1.807, 2.05) is 12.1 Å². The number of ether oxygens (including phenoxy) is 1. The predicted molar refractivity (Wildman–Crippen MR) is 81.9 cm³/mol. The van der Waals surface area contributed by atoms with Crippen molar-refractivity contribution in [3.05, 3.63) is 22.2 Å². The molecular weight excluding hydrogens is 322 g/mol. The molecule has 1 amide bonds. The largest absolute Gasteiger partial charge is 0.372 e. The molecule has 5 nitrogen and oxygen atoms in total. The molecule has 2 heterocycles. The van der Waals surface area contributed by atoms with Crippen LogP contribution in [0, 0.1) is 0 Å². The van der Waals surface area contributed by atoms with E-state index < -0.39 is 6.04 Å². The van der Waals surface area contributed by atoms with Crippen molar-refractivity contribution in [1.82, 2.24) is 0 Å². The van der Waals surface area contributed by atoms with Crippen LogP contribution in [0.25, 0.3) is 0 Å². The Morgan fingerprint density at radius 2 is 2.25 bits per heavy atom. The predicted octanol–water partition coefficient (Wildman–Crippen LogP) is 2.02. The van der Waals surface area contributed by atoms with Gasteiger partial charge in [-0.15, -0.1) is 0 Å². The van der Waals surface area contributed by atoms with Gasteiger partial charge < -0.3 is 20.7 Å². The highest BCUT2D eigenvalue weighted by molar-refractivity contribution is 9.10. The Morgan fingerprint density at radius 1 is 1.50 bits per heavy atom. The van der Waals surface area contributed by atoms with Gasteiger partial charge in [-0.25, -0.2) is 0 Å². The summed E-state index contributed by atoms with van der Waals surface area (Å²) in [6, 6.07) is 3.36. The van der Waals surface area contributed by atoms with E-state index in [1.54, 1.807) is 0 Å². The molecule has 1 aromatic rings. The normalized spacial score (nSPS) is 24.5. The molecule has 1 unspecified atom stereocenters. The first kappa shape index (κ1) is 13.9. The first-order valence-corrected chi connectivity index (χ1v) is 7.45. The lowest BCUT2D eigenvalue weighted by Gasteiger charge is -2.40. The lowest BCUT2D eigenvalue weighted by atomic mass is 10.0. The van der Waals surface area contributed by atoms with E-state index >= 15 is 0 Å². The first-order valence-electron chi connectivity index (χ1n) is 6.66. The van der Waals surface area contributed by atoms with E-state index in [9.17, 15) is 4.79 Å². The van der Waals surface area contributed by atoms with Crippen molar-refractivity contribution in [2.24, 2.45) is 5.73 Å². The van der Waals surface area contributed by atoms with Gasteiger partial charge in [0.2, 0.25) is 5.91 Å². The topological polar surface area (TPSA) is 67.6 Å². The van der Waals surface area contributed by atoms with E-state index in [0.717, 1.165) is 34.5 Å². The van der Waals surface area contributed by atoms with Gasteiger partial charge in [0.05, 0.1) is 17.9 Å². The third-order valence-electron chi connectivity index (χ3n) is 3.76. The zero-order valence-electron chi connectivity index (χ0n) is 11.6. The van der Waals surface area contributed by atoms with E-state index in [0.29, 0.717) is 6.61 Å². The molecule has 1 aromatic carbocycles. The van der Waals surface area contributed by atoms with Crippen LogP contribution in [0.4, 0.5) is 11.4 Å². The van der Waals surface area contributed by atoms with Crippen molar-refractivity contribution in [2.45, 2.75) is 25.5 Å². The maximum Gasteiger partial charge on any atom is 0.245 e. The highest BCUT2D eigenvalue weighted by Crippen LogP contribution is 2.39. The van der Waals surface area contributed by atoms with E-state index in [-0.39, 0.29) is 11.5 Å². The van der Waals surface area contributed by atoms with Gasteiger partial charge in [0, 0.05) is 28.8 Å². The van der Waals surface area contributed by atoms with Crippen molar-refractivity contribution in [2.75, 3.05) is 29.9 Å². The number of nitrogens with two attached hydrogens (primary N) is 1. The van der Waals surface area contributed by atoms with E-state index in [4.69, 9.17) is 10.5 Å². The standard InChI is InChI=1S/C14H18BrN3O2/c1-14(2)7-18(3-4-20-14)11-6-10-8(5-9(11)15)12(16)13(19)17-10/h5-6,12H,3-4,7,16H2,1-2H3,(H,17,19). The minimum atomic E-state index is -0.573. The van der Waals surface area contributed by atoms with Crippen molar-refractivity contribution < 1.29 is 9.53 Å². The molecular formula is C14H18BrN3O2. The number of halogens is 1. The van der Waals surface area contributed by atoms with Gasteiger partial charge in [-0.05, 0) is 41.9 Å². The number of hydrogen-bond donors (Lipinski definition) is 2. The Labute approximate surface area is 126 Å². The molecule has 1 saturated heterocycles. The lowest BCUT2D eigenvalue weighted by molar-refractivity contribution is -0.116. The summed E-state index contributed by atoms with van der Waals surface area (Å²) in [7, 11) is 0. The number of benzene rings is 1. The second-order valence-electron chi connectivity index (χ2n) is 5.89. The molecule has 0 aromatic heterocycles. The SMILES string of the molecule is CC1(C)CN(c2cc3c(cc2Br)C(N)C(=O)N3)CCO1. The van der Waals surface area contributed by atoms with Gasteiger partial charge in [0.1, 0.15) is 6.04 Å². The molecule has 0 spiro atoms. The summed E-state index contributed by atoms with van der Waals surface area (Å²) in [4.78, 5) is 13.9. The smallest absolute Gasteiger partial charge is 0.245 e. The number of hydrogen-bond acceptors (Lipinski definition) is 4.